The van der Waals surface area contributed by atoms with Gasteiger partial charge >= 0.3 is 11.8 Å². The fourth-order valence-corrected chi connectivity index (χ4v) is 2.60. The zero-order valence-electron chi connectivity index (χ0n) is 13.6. The van der Waals surface area contributed by atoms with Gasteiger partial charge in [-0.2, -0.15) is 0 Å². The van der Waals surface area contributed by atoms with Crippen molar-refractivity contribution in [1.82, 2.24) is 0 Å². The zero-order chi connectivity index (χ0) is 17.6. The molecule has 0 atom stereocenters. The molecule has 7 heteroatoms. The highest BCUT2D eigenvalue weighted by atomic mass is 16.5. The highest BCUT2D eigenvalue weighted by Crippen LogP contribution is 2.26. The quantitative estimate of drug-likeness (QED) is 0.585. The number of amides is 2. The Bertz CT molecular complexity index is 772. The smallest absolute Gasteiger partial charge is 0.314 e. The lowest BCUT2D eigenvalue weighted by Crippen LogP contribution is -2.37. The summed E-state index contributed by atoms with van der Waals surface area (Å²) in [5, 5.41) is 14.7. The van der Waals surface area contributed by atoms with Crippen molar-refractivity contribution in [2.45, 2.75) is 0 Å². The second-order valence-electron chi connectivity index (χ2n) is 5.54. The molecule has 0 bridgehead atoms. The Morgan fingerprint density at radius 2 is 1.44 bits per heavy atom. The molecular weight excluding hydrogens is 322 g/mol. The molecule has 3 N–H and O–H groups in total. The molecule has 25 heavy (non-hydrogen) atoms. The molecule has 1 saturated heterocycles. The van der Waals surface area contributed by atoms with Crippen LogP contribution in [0.15, 0.2) is 48.5 Å². The first-order valence-corrected chi connectivity index (χ1v) is 7.97. The van der Waals surface area contributed by atoms with Crippen molar-refractivity contribution in [1.29, 1.82) is 0 Å². The Balaban J connectivity index is 1.70. The van der Waals surface area contributed by atoms with Gasteiger partial charge in [-0.05, 0) is 24.3 Å². The SMILES string of the molecule is O=C(Nc1ccccc1O)C(=O)Nc1ccccc1N1CCOCC1. The molecular formula is C18H19N3O4. The minimum absolute atomic E-state index is 0.0997. The number of aromatic hydroxyl groups is 1. The predicted molar refractivity (Wildman–Crippen MR) is 94.8 cm³/mol. The molecule has 0 unspecified atom stereocenters. The first-order chi connectivity index (χ1) is 12.1. The van der Waals surface area contributed by atoms with Gasteiger partial charge in [0.2, 0.25) is 0 Å². The lowest BCUT2D eigenvalue weighted by molar-refractivity contribution is -0.133. The summed E-state index contributed by atoms with van der Waals surface area (Å²) in [7, 11) is 0. The van der Waals surface area contributed by atoms with Crippen molar-refractivity contribution in [3.05, 3.63) is 48.5 Å². The van der Waals surface area contributed by atoms with Crippen LogP contribution in [0.4, 0.5) is 17.1 Å². The Labute approximate surface area is 145 Å². The number of phenols is 1. The second-order valence-corrected chi connectivity index (χ2v) is 5.54. The van der Waals surface area contributed by atoms with E-state index in [-0.39, 0.29) is 11.4 Å². The highest BCUT2D eigenvalue weighted by molar-refractivity contribution is 6.44. The van der Waals surface area contributed by atoms with Crippen molar-refractivity contribution in [2.75, 3.05) is 41.8 Å². The fourth-order valence-electron chi connectivity index (χ4n) is 2.60. The number of anilines is 3. The van der Waals surface area contributed by atoms with Crippen molar-refractivity contribution in [3.8, 4) is 5.75 Å². The fraction of sp³-hybridized carbons (Fsp3) is 0.222. The maximum absolute atomic E-state index is 12.2. The Hall–Kier alpha value is -3.06. The van der Waals surface area contributed by atoms with Gasteiger partial charge in [0.15, 0.2) is 0 Å². The van der Waals surface area contributed by atoms with Crippen LogP contribution in [0.25, 0.3) is 0 Å². The van der Waals surface area contributed by atoms with E-state index in [1.165, 1.54) is 12.1 Å². The Morgan fingerprint density at radius 1 is 0.880 bits per heavy atom. The van der Waals surface area contributed by atoms with Crippen LogP contribution < -0.4 is 15.5 Å². The average molecular weight is 341 g/mol. The number of rotatable bonds is 3. The molecule has 3 rings (SSSR count). The lowest BCUT2D eigenvalue weighted by atomic mass is 10.2. The Morgan fingerprint density at radius 3 is 2.12 bits per heavy atom. The third-order valence-corrected chi connectivity index (χ3v) is 3.86. The molecule has 1 fully saturated rings. The third kappa shape index (κ3) is 4.07. The summed E-state index contributed by atoms with van der Waals surface area (Å²) in [6.45, 7) is 2.68. The molecule has 2 aromatic carbocycles. The van der Waals surface area contributed by atoms with E-state index in [0.29, 0.717) is 18.9 Å². The minimum atomic E-state index is -0.849. The largest absolute Gasteiger partial charge is 0.506 e. The van der Waals surface area contributed by atoms with Crippen LogP contribution in [0.2, 0.25) is 0 Å². The van der Waals surface area contributed by atoms with Crippen LogP contribution in [0.1, 0.15) is 0 Å². The standard InChI is InChI=1S/C18H19N3O4/c22-16-8-4-2-6-14(16)20-18(24)17(23)19-13-5-1-3-7-15(13)21-9-11-25-12-10-21/h1-8,22H,9-12H2,(H,19,23)(H,20,24). The van der Waals surface area contributed by atoms with E-state index in [9.17, 15) is 14.7 Å². The van der Waals surface area contributed by atoms with Gasteiger partial charge in [0, 0.05) is 13.1 Å². The van der Waals surface area contributed by atoms with Gasteiger partial charge in [-0.1, -0.05) is 24.3 Å². The molecule has 0 radical (unpaired) electrons. The van der Waals surface area contributed by atoms with E-state index in [4.69, 9.17) is 4.74 Å². The van der Waals surface area contributed by atoms with Gasteiger partial charge in [-0.15, -0.1) is 0 Å². The summed E-state index contributed by atoms with van der Waals surface area (Å²) in [6.07, 6.45) is 0. The molecule has 7 nitrogen and oxygen atoms in total. The van der Waals surface area contributed by atoms with E-state index < -0.39 is 11.8 Å². The number of para-hydroxylation sites is 4. The van der Waals surface area contributed by atoms with Gasteiger partial charge in [-0.25, -0.2) is 0 Å². The van der Waals surface area contributed by atoms with Crippen LogP contribution in [0.3, 0.4) is 0 Å². The third-order valence-electron chi connectivity index (χ3n) is 3.86. The van der Waals surface area contributed by atoms with Gasteiger partial charge in [0.1, 0.15) is 5.75 Å². The van der Waals surface area contributed by atoms with E-state index in [0.717, 1.165) is 18.8 Å². The number of ether oxygens (including phenoxy) is 1. The van der Waals surface area contributed by atoms with Crippen molar-refractivity contribution >= 4 is 28.9 Å². The number of nitrogens with zero attached hydrogens (tertiary/aromatic N) is 1. The number of carbonyl (C=O) groups excluding carboxylic acids is 2. The number of phenolic OH excluding ortho intramolecular Hbond substituents is 1. The zero-order valence-corrected chi connectivity index (χ0v) is 13.6. The van der Waals surface area contributed by atoms with E-state index in [1.807, 2.05) is 12.1 Å². The molecule has 0 aromatic heterocycles. The molecule has 1 aliphatic heterocycles. The number of morpholine rings is 1. The molecule has 2 amide bonds. The van der Waals surface area contributed by atoms with Crippen LogP contribution in [0.5, 0.6) is 5.75 Å². The summed E-state index contributed by atoms with van der Waals surface area (Å²) >= 11 is 0. The molecule has 130 valence electrons. The Kier molecular flexibility index (Phi) is 5.15. The summed E-state index contributed by atoms with van der Waals surface area (Å²) in [5.41, 5.74) is 1.58. The second kappa shape index (κ2) is 7.67. The number of nitrogens with one attached hydrogen (secondary N) is 2. The van der Waals surface area contributed by atoms with Crippen LogP contribution in [-0.2, 0) is 14.3 Å². The highest BCUT2D eigenvalue weighted by Gasteiger charge is 2.19. The van der Waals surface area contributed by atoms with E-state index in [2.05, 4.69) is 15.5 Å². The summed E-state index contributed by atoms with van der Waals surface area (Å²) in [4.78, 5) is 26.4. The minimum Gasteiger partial charge on any atom is -0.506 e. The maximum atomic E-state index is 12.2. The molecule has 1 aliphatic rings. The maximum Gasteiger partial charge on any atom is 0.314 e. The summed E-state index contributed by atoms with van der Waals surface area (Å²) < 4.78 is 5.34. The molecule has 1 heterocycles. The first-order valence-electron chi connectivity index (χ1n) is 7.97. The van der Waals surface area contributed by atoms with Crippen LogP contribution >= 0.6 is 0 Å². The number of hydrogen-bond donors (Lipinski definition) is 3. The molecule has 0 aliphatic carbocycles. The first kappa shape index (κ1) is 16.8. The summed E-state index contributed by atoms with van der Waals surface area (Å²) in [6, 6.07) is 13.5. The van der Waals surface area contributed by atoms with Gasteiger partial charge in [-0.3, -0.25) is 9.59 Å². The predicted octanol–water partition coefficient (Wildman–Crippen LogP) is 1.81. The molecule has 0 saturated carbocycles. The van der Waals surface area contributed by atoms with Crippen molar-refractivity contribution in [2.24, 2.45) is 0 Å². The number of benzene rings is 2. The van der Waals surface area contributed by atoms with Gasteiger partial charge in [0.05, 0.1) is 30.3 Å². The average Bonchev–Trinajstić information content (AvgIpc) is 2.64. The van der Waals surface area contributed by atoms with E-state index >= 15 is 0 Å². The van der Waals surface area contributed by atoms with Gasteiger partial charge < -0.3 is 25.4 Å². The molecule has 2 aromatic rings. The van der Waals surface area contributed by atoms with E-state index in [1.54, 1.807) is 24.3 Å². The number of carbonyl (C=O) groups is 2. The number of hydrogen-bond acceptors (Lipinski definition) is 5. The van der Waals surface area contributed by atoms with Crippen LogP contribution in [-0.4, -0.2) is 43.2 Å². The normalized spacial score (nSPS) is 14.0. The monoisotopic (exact) mass is 341 g/mol. The van der Waals surface area contributed by atoms with Crippen molar-refractivity contribution < 1.29 is 19.4 Å². The van der Waals surface area contributed by atoms with Crippen LogP contribution in [0, 0.1) is 0 Å². The lowest BCUT2D eigenvalue weighted by Gasteiger charge is -2.30. The topological polar surface area (TPSA) is 90.9 Å². The summed E-state index contributed by atoms with van der Waals surface area (Å²) in [5.74, 6) is -1.75. The van der Waals surface area contributed by atoms with Gasteiger partial charge in [0.25, 0.3) is 0 Å². The van der Waals surface area contributed by atoms with Crippen molar-refractivity contribution in [3.63, 3.8) is 0 Å². The molecule has 0 spiro atoms.